The van der Waals surface area contributed by atoms with E-state index in [1.165, 1.54) is 0 Å². The third-order valence-corrected chi connectivity index (χ3v) is 2.01. The van der Waals surface area contributed by atoms with E-state index in [4.69, 9.17) is 9.47 Å². The van der Waals surface area contributed by atoms with Gasteiger partial charge < -0.3 is 14.8 Å². The molecule has 0 aliphatic carbocycles. The number of carbonyl (C=O) groups excluding carboxylic acids is 2. The van der Waals surface area contributed by atoms with Crippen molar-refractivity contribution in [1.82, 2.24) is 5.32 Å². The maximum absolute atomic E-state index is 11.4. The Balaban J connectivity index is 3.74. The molecule has 0 aliphatic heterocycles. The van der Waals surface area contributed by atoms with Gasteiger partial charge >= 0.3 is 5.97 Å². The Hall–Kier alpha value is -1.10. The molecule has 0 aromatic carbocycles. The van der Waals surface area contributed by atoms with Gasteiger partial charge in [-0.05, 0) is 34.6 Å². The van der Waals surface area contributed by atoms with Crippen LogP contribution in [0.4, 0.5) is 0 Å². The number of ether oxygens (including phenoxy) is 2. The van der Waals surface area contributed by atoms with E-state index in [0.717, 1.165) is 0 Å². The van der Waals surface area contributed by atoms with E-state index in [9.17, 15) is 9.59 Å². The molecule has 5 nitrogen and oxygen atoms in total. The second-order valence-corrected chi connectivity index (χ2v) is 5.16. The number of rotatable bonds is 7. The zero-order valence-electron chi connectivity index (χ0n) is 12.0. The molecule has 1 N–H and O–H groups in total. The summed E-state index contributed by atoms with van der Waals surface area (Å²) in [4.78, 5) is 22.8. The fourth-order valence-electron chi connectivity index (χ4n) is 1.30. The number of amides is 1. The summed E-state index contributed by atoms with van der Waals surface area (Å²) in [6.07, 6.45) is 0.236. The van der Waals surface area contributed by atoms with Gasteiger partial charge in [0.25, 0.3) is 0 Å². The molecule has 1 atom stereocenters. The number of nitrogens with one attached hydrogen (secondary N) is 1. The number of carbonyl (C=O) groups is 2. The minimum atomic E-state index is -0.503. The first-order chi connectivity index (χ1) is 8.24. The molecule has 0 aromatic heterocycles. The van der Waals surface area contributed by atoms with Crippen molar-refractivity contribution in [1.29, 1.82) is 0 Å². The number of hydrogen-bond donors (Lipinski definition) is 1. The smallest absolute Gasteiger partial charge is 0.306 e. The summed E-state index contributed by atoms with van der Waals surface area (Å²) >= 11 is 0. The molecule has 18 heavy (non-hydrogen) atoms. The average molecular weight is 259 g/mol. The maximum atomic E-state index is 11.4. The van der Waals surface area contributed by atoms with Crippen LogP contribution in [0.5, 0.6) is 0 Å². The molecule has 0 saturated carbocycles. The van der Waals surface area contributed by atoms with Crippen molar-refractivity contribution in [2.24, 2.45) is 0 Å². The topological polar surface area (TPSA) is 64.6 Å². The molecule has 0 fully saturated rings. The highest BCUT2D eigenvalue weighted by Crippen LogP contribution is 2.08. The molecular formula is C13H25NO4. The van der Waals surface area contributed by atoms with Crippen LogP contribution in [0.2, 0.25) is 0 Å². The largest absolute Gasteiger partial charge is 0.460 e. The van der Waals surface area contributed by atoms with Crippen LogP contribution in [-0.2, 0) is 19.1 Å². The highest BCUT2D eigenvalue weighted by atomic mass is 16.6. The summed E-state index contributed by atoms with van der Waals surface area (Å²) in [7, 11) is 0. The molecule has 5 heteroatoms. The molecule has 0 aromatic rings. The summed E-state index contributed by atoms with van der Waals surface area (Å²) in [5, 5.41) is 2.71. The molecular weight excluding hydrogens is 234 g/mol. The minimum absolute atomic E-state index is 0.0134. The van der Waals surface area contributed by atoms with Gasteiger partial charge in [0.15, 0.2) is 0 Å². The van der Waals surface area contributed by atoms with Crippen LogP contribution in [0.3, 0.4) is 0 Å². The second kappa shape index (κ2) is 8.08. The van der Waals surface area contributed by atoms with E-state index in [2.05, 4.69) is 5.32 Å². The van der Waals surface area contributed by atoms with Gasteiger partial charge in [-0.15, -0.1) is 0 Å². The van der Waals surface area contributed by atoms with Crippen LogP contribution in [0.15, 0.2) is 0 Å². The van der Waals surface area contributed by atoms with E-state index in [1.807, 2.05) is 13.8 Å². The Labute approximate surface area is 109 Å². The van der Waals surface area contributed by atoms with E-state index < -0.39 is 5.60 Å². The van der Waals surface area contributed by atoms with Gasteiger partial charge in [0, 0.05) is 19.6 Å². The second-order valence-electron chi connectivity index (χ2n) is 5.16. The van der Waals surface area contributed by atoms with Crippen molar-refractivity contribution < 1.29 is 19.1 Å². The van der Waals surface area contributed by atoms with Crippen LogP contribution < -0.4 is 5.32 Å². The summed E-state index contributed by atoms with van der Waals surface area (Å²) < 4.78 is 10.4. The molecule has 0 heterocycles. The molecule has 0 radical (unpaired) electrons. The predicted octanol–water partition coefficient (Wildman–Crippen LogP) is 1.65. The zero-order chi connectivity index (χ0) is 14.2. The Kier molecular flexibility index (Phi) is 7.59. The maximum Gasteiger partial charge on any atom is 0.306 e. The van der Waals surface area contributed by atoms with E-state index in [0.29, 0.717) is 13.2 Å². The van der Waals surface area contributed by atoms with Gasteiger partial charge in [-0.25, -0.2) is 0 Å². The van der Waals surface area contributed by atoms with Gasteiger partial charge in [0.05, 0.1) is 12.5 Å². The summed E-state index contributed by atoms with van der Waals surface area (Å²) in [5.74, 6) is -0.511. The van der Waals surface area contributed by atoms with Crippen molar-refractivity contribution in [3.8, 4) is 0 Å². The van der Waals surface area contributed by atoms with Crippen LogP contribution in [-0.4, -0.2) is 36.7 Å². The summed E-state index contributed by atoms with van der Waals surface area (Å²) in [5.41, 5.74) is -0.503. The Morgan fingerprint density at radius 3 is 2.33 bits per heavy atom. The van der Waals surface area contributed by atoms with Gasteiger partial charge in [-0.3, -0.25) is 9.59 Å². The minimum Gasteiger partial charge on any atom is -0.460 e. The lowest BCUT2D eigenvalue weighted by molar-refractivity contribution is -0.155. The lowest BCUT2D eigenvalue weighted by Gasteiger charge is -2.19. The number of esters is 1. The normalized spacial score (nSPS) is 12.9. The Morgan fingerprint density at radius 1 is 1.22 bits per heavy atom. The average Bonchev–Trinajstić information content (AvgIpc) is 2.21. The monoisotopic (exact) mass is 259 g/mol. The fraction of sp³-hybridized carbons (Fsp3) is 0.846. The van der Waals surface area contributed by atoms with Crippen LogP contribution in [0.1, 0.15) is 47.5 Å². The standard InChI is InChI=1S/C13H25NO4/c1-6-17-10(2)9-14-11(15)7-8-12(16)18-13(3,4)5/h10H,6-9H2,1-5H3,(H,14,15). The highest BCUT2D eigenvalue weighted by molar-refractivity contribution is 5.81. The van der Waals surface area contributed by atoms with Crippen molar-refractivity contribution in [2.75, 3.05) is 13.2 Å². The number of hydrogen-bond acceptors (Lipinski definition) is 4. The molecule has 0 saturated heterocycles. The van der Waals surface area contributed by atoms with Crippen LogP contribution in [0.25, 0.3) is 0 Å². The Morgan fingerprint density at radius 2 is 1.83 bits per heavy atom. The van der Waals surface area contributed by atoms with E-state index >= 15 is 0 Å². The molecule has 1 unspecified atom stereocenters. The van der Waals surface area contributed by atoms with Crippen molar-refractivity contribution in [3.05, 3.63) is 0 Å². The fourth-order valence-corrected chi connectivity index (χ4v) is 1.30. The molecule has 106 valence electrons. The zero-order valence-corrected chi connectivity index (χ0v) is 12.0. The predicted molar refractivity (Wildman–Crippen MR) is 69.2 cm³/mol. The van der Waals surface area contributed by atoms with Crippen LogP contribution in [0, 0.1) is 0 Å². The van der Waals surface area contributed by atoms with Crippen molar-refractivity contribution >= 4 is 11.9 Å². The molecule has 1 amide bonds. The third-order valence-electron chi connectivity index (χ3n) is 2.01. The first-order valence-corrected chi connectivity index (χ1v) is 6.34. The molecule has 0 spiro atoms. The van der Waals surface area contributed by atoms with Gasteiger partial charge in [0.1, 0.15) is 5.60 Å². The first-order valence-electron chi connectivity index (χ1n) is 6.34. The summed E-state index contributed by atoms with van der Waals surface area (Å²) in [6.45, 7) is 10.3. The van der Waals surface area contributed by atoms with Gasteiger partial charge in [-0.1, -0.05) is 0 Å². The molecule has 0 rings (SSSR count). The third kappa shape index (κ3) is 10.1. The van der Waals surface area contributed by atoms with Crippen molar-refractivity contribution in [3.63, 3.8) is 0 Å². The Bertz CT molecular complexity index is 271. The first kappa shape index (κ1) is 16.9. The van der Waals surface area contributed by atoms with Crippen molar-refractivity contribution in [2.45, 2.75) is 59.2 Å². The summed E-state index contributed by atoms with van der Waals surface area (Å²) in [6, 6.07) is 0. The molecule has 0 bridgehead atoms. The van der Waals surface area contributed by atoms with E-state index in [1.54, 1.807) is 20.8 Å². The highest BCUT2D eigenvalue weighted by Gasteiger charge is 2.17. The van der Waals surface area contributed by atoms with Crippen LogP contribution >= 0.6 is 0 Å². The van der Waals surface area contributed by atoms with E-state index in [-0.39, 0.29) is 30.8 Å². The lowest BCUT2D eigenvalue weighted by Crippen LogP contribution is -2.32. The quantitative estimate of drug-likeness (QED) is 0.706. The van der Waals surface area contributed by atoms with Gasteiger partial charge in [-0.2, -0.15) is 0 Å². The van der Waals surface area contributed by atoms with Gasteiger partial charge in [0.2, 0.25) is 5.91 Å². The molecule has 0 aliphatic rings. The SMILES string of the molecule is CCOC(C)CNC(=O)CCC(=O)OC(C)(C)C. The lowest BCUT2D eigenvalue weighted by atomic mass is 10.2.